The van der Waals surface area contributed by atoms with Crippen molar-refractivity contribution in [2.24, 2.45) is 35.5 Å². The minimum Gasteiger partial charge on any atom is -0.274 e. The molecule has 2 heterocycles. The molecule has 1 aromatic heterocycles. The summed E-state index contributed by atoms with van der Waals surface area (Å²) >= 11 is 0. The minimum absolute atomic E-state index is 0.166. The van der Waals surface area contributed by atoms with Gasteiger partial charge in [0.25, 0.3) is 5.91 Å². The summed E-state index contributed by atoms with van der Waals surface area (Å²) in [5, 5.41) is 7.86. The third-order valence-corrected chi connectivity index (χ3v) is 6.64. The molecule has 0 N–H and O–H groups in total. The summed E-state index contributed by atoms with van der Waals surface area (Å²) < 4.78 is 1.18. The first kappa shape index (κ1) is 14.4. The van der Waals surface area contributed by atoms with Gasteiger partial charge in [-0.05, 0) is 42.2 Å². The van der Waals surface area contributed by atoms with Crippen LogP contribution in [0.3, 0.4) is 0 Å². The van der Waals surface area contributed by atoms with Gasteiger partial charge in [-0.25, -0.2) is 0 Å². The molecule has 3 fully saturated rings. The van der Waals surface area contributed by atoms with Gasteiger partial charge in [-0.15, -0.1) is 5.10 Å². The fourth-order valence-corrected chi connectivity index (χ4v) is 5.43. The maximum atomic E-state index is 12.9. The van der Waals surface area contributed by atoms with Gasteiger partial charge in [0.2, 0.25) is 11.8 Å². The van der Waals surface area contributed by atoms with Crippen LogP contribution in [0.1, 0.15) is 11.2 Å². The summed E-state index contributed by atoms with van der Waals surface area (Å²) in [6.45, 7) is -0.271. The van der Waals surface area contributed by atoms with E-state index in [2.05, 4.69) is 22.5 Å². The van der Waals surface area contributed by atoms with Gasteiger partial charge in [-0.3, -0.25) is 19.3 Å². The molecule has 2 bridgehead atoms. The highest BCUT2D eigenvalue weighted by atomic mass is 16.2. The zero-order chi connectivity index (χ0) is 17.6. The highest BCUT2D eigenvalue weighted by molar-refractivity contribution is 6.08. The predicted octanol–water partition coefficient (Wildman–Crippen LogP) is 1.12. The number of hydrogen-bond donors (Lipinski definition) is 0. The van der Waals surface area contributed by atoms with E-state index in [9.17, 15) is 14.4 Å². The van der Waals surface area contributed by atoms with Gasteiger partial charge in [0, 0.05) is 0 Å². The molecule has 7 rings (SSSR count). The molecule has 2 amide bonds. The fraction of sp³-hybridized carbons (Fsp3) is 0.421. The Bertz CT molecular complexity index is 989. The van der Waals surface area contributed by atoms with Crippen molar-refractivity contribution in [1.82, 2.24) is 19.9 Å². The molecule has 2 saturated carbocycles. The van der Waals surface area contributed by atoms with Crippen molar-refractivity contribution in [2.75, 3.05) is 6.54 Å². The van der Waals surface area contributed by atoms with E-state index in [-0.39, 0.29) is 42.0 Å². The predicted molar refractivity (Wildman–Crippen MR) is 89.6 cm³/mol. The number of fused-ring (bicyclic) bond motifs is 1. The number of rotatable bonds is 2. The maximum Gasteiger partial charge on any atom is 0.268 e. The van der Waals surface area contributed by atoms with Crippen LogP contribution in [0.15, 0.2) is 36.4 Å². The number of benzene rings is 1. The topological polar surface area (TPSA) is 85.2 Å². The van der Waals surface area contributed by atoms with Crippen molar-refractivity contribution in [3.8, 4) is 0 Å². The first-order valence-corrected chi connectivity index (χ1v) is 9.02. The highest BCUT2D eigenvalue weighted by Crippen LogP contribution is 2.65. The van der Waals surface area contributed by atoms with Crippen molar-refractivity contribution in [1.29, 1.82) is 0 Å². The fourth-order valence-electron chi connectivity index (χ4n) is 5.43. The number of imide groups is 1. The molecule has 4 aliphatic carbocycles. The van der Waals surface area contributed by atoms with E-state index in [0.717, 1.165) is 11.3 Å². The molecule has 26 heavy (non-hydrogen) atoms. The molecular formula is C19H16N4O3. The van der Waals surface area contributed by atoms with Crippen LogP contribution in [-0.2, 0) is 9.59 Å². The van der Waals surface area contributed by atoms with Gasteiger partial charge in [0.1, 0.15) is 12.1 Å². The van der Waals surface area contributed by atoms with Crippen LogP contribution in [0.5, 0.6) is 0 Å². The number of para-hydroxylation sites is 1. The lowest BCUT2D eigenvalue weighted by Crippen LogP contribution is -2.40. The summed E-state index contributed by atoms with van der Waals surface area (Å²) in [6, 6.07) is 7.13. The molecule has 0 spiro atoms. The summed E-state index contributed by atoms with van der Waals surface area (Å²) in [5.41, 5.74) is 1.19. The first-order chi connectivity index (χ1) is 12.6. The second-order valence-corrected chi connectivity index (χ2v) is 7.80. The third-order valence-electron chi connectivity index (χ3n) is 6.64. The van der Waals surface area contributed by atoms with E-state index in [0.29, 0.717) is 22.9 Å². The Morgan fingerprint density at radius 2 is 1.69 bits per heavy atom. The Morgan fingerprint density at radius 1 is 1.04 bits per heavy atom. The van der Waals surface area contributed by atoms with Crippen molar-refractivity contribution in [3.05, 3.63) is 36.4 Å². The Balaban J connectivity index is 1.31. The molecule has 2 aromatic rings. The second kappa shape index (κ2) is 4.66. The van der Waals surface area contributed by atoms with Crippen LogP contribution in [0.25, 0.3) is 11.0 Å². The average Bonchev–Trinajstić information content (AvgIpc) is 3.32. The van der Waals surface area contributed by atoms with Gasteiger partial charge in [0.05, 0.1) is 17.4 Å². The van der Waals surface area contributed by atoms with Crippen LogP contribution in [0.2, 0.25) is 0 Å². The summed E-state index contributed by atoms with van der Waals surface area (Å²) in [4.78, 5) is 39.8. The van der Waals surface area contributed by atoms with Gasteiger partial charge in [-0.2, -0.15) is 4.68 Å². The number of carbonyl (C=O) groups excluding carboxylic acids is 3. The number of allylic oxidation sites excluding steroid dienone is 2. The average molecular weight is 348 g/mol. The minimum atomic E-state index is -0.412. The zero-order valence-electron chi connectivity index (χ0n) is 13.9. The van der Waals surface area contributed by atoms with E-state index in [4.69, 9.17) is 0 Å². The molecule has 6 atom stereocenters. The van der Waals surface area contributed by atoms with Crippen LogP contribution in [0, 0.1) is 35.5 Å². The van der Waals surface area contributed by atoms with Crippen molar-refractivity contribution >= 4 is 28.8 Å². The van der Waals surface area contributed by atoms with E-state index < -0.39 is 5.91 Å². The molecule has 7 nitrogen and oxygen atoms in total. The van der Waals surface area contributed by atoms with Crippen molar-refractivity contribution in [3.63, 3.8) is 0 Å². The Kier molecular flexibility index (Phi) is 2.57. The van der Waals surface area contributed by atoms with E-state index in [1.807, 2.05) is 6.07 Å². The SMILES string of the molecule is O=C1C2C3C=CC(C4CC34)C2C(=O)N1CC(=O)n1nnc2ccccc21. The largest absolute Gasteiger partial charge is 0.274 e. The van der Waals surface area contributed by atoms with E-state index >= 15 is 0 Å². The molecule has 1 aliphatic heterocycles. The Hall–Kier alpha value is -2.83. The van der Waals surface area contributed by atoms with Crippen LogP contribution in [0.4, 0.5) is 0 Å². The summed E-state index contributed by atoms with van der Waals surface area (Å²) in [6.07, 6.45) is 5.38. The summed E-state index contributed by atoms with van der Waals surface area (Å²) in [5.74, 6) is 0.0888. The standard InChI is InChI=1S/C19H16N4O3/c24-15(23-14-4-2-1-3-13(14)20-21-23)8-22-18(25)16-9-5-6-10(12-7-11(9)12)17(16)19(22)26/h1-6,9-12,16-17H,7-8H2. The van der Waals surface area contributed by atoms with Crippen LogP contribution < -0.4 is 0 Å². The molecule has 0 radical (unpaired) electrons. The smallest absolute Gasteiger partial charge is 0.268 e. The lowest BCUT2D eigenvalue weighted by molar-refractivity contribution is -0.139. The van der Waals surface area contributed by atoms with E-state index in [1.54, 1.807) is 18.2 Å². The molecule has 1 aromatic carbocycles. The van der Waals surface area contributed by atoms with Gasteiger partial charge in [-0.1, -0.05) is 29.5 Å². The Labute approximate surface area is 148 Å². The number of nitrogens with zero attached hydrogens (tertiary/aromatic N) is 4. The molecule has 1 saturated heterocycles. The van der Waals surface area contributed by atoms with Gasteiger partial charge < -0.3 is 0 Å². The molecule has 7 heteroatoms. The monoisotopic (exact) mass is 348 g/mol. The molecule has 6 unspecified atom stereocenters. The van der Waals surface area contributed by atoms with Crippen molar-refractivity contribution < 1.29 is 14.4 Å². The normalized spacial score (nSPS) is 36.5. The number of carbonyl (C=O) groups is 3. The molecular weight excluding hydrogens is 332 g/mol. The van der Waals surface area contributed by atoms with E-state index in [1.165, 1.54) is 4.68 Å². The van der Waals surface area contributed by atoms with Crippen LogP contribution >= 0.6 is 0 Å². The van der Waals surface area contributed by atoms with Gasteiger partial charge in [0.15, 0.2) is 0 Å². The number of likely N-dealkylation sites (tertiary alicyclic amines) is 1. The number of hydrogen-bond acceptors (Lipinski definition) is 5. The number of aromatic nitrogens is 3. The van der Waals surface area contributed by atoms with Crippen molar-refractivity contribution in [2.45, 2.75) is 6.42 Å². The highest BCUT2D eigenvalue weighted by Gasteiger charge is 2.67. The number of amides is 2. The summed E-state index contributed by atoms with van der Waals surface area (Å²) in [7, 11) is 0. The van der Waals surface area contributed by atoms with Gasteiger partial charge >= 0.3 is 0 Å². The lowest BCUT2D eigenvalue weighted by atomic mass is 9.63. The second-order valence-electron chi connectivity index (χ2n) is 7.80. The molecule has 5 aliphatic rings. The maximum absolute atomic E-state index is 12.9. The quantitative estimate of drug-likeness (QED) is 0.600. The zero-order valence-corrected chi connectivity index (χ0v) is 13.9. The third kappa shape index (κ3) is 1.65. The lowest BCUT2D eigenvalue weighted by Gasteiger charge is -2.37. The first-order valence-electron chi connectivity index (χ1n) is 9.02. The Morgan fingerprint density at radius 3 is 2.38 bits per heavy atom. The molecule has 130 valence electrons. The van der Waals surface area contributed by atoms with Crippen LogP contribution in [-0.4, -0.2) is 44.2 Å².